The number of sulfone groups is 1. The van der Waals surface area contributed by atoms with Crippen LogP contribution in [-0.2, 0) is 27.2 Å². The van der Waals surface area contributed by atoms with E-state index in [0.29, 0.717) is 5.56 Å². The zero-order valence-electron chi connectivity index (χ0n) is 15.8. The number of benzene rings is 2. The molecule has 0 saturated carbocycles. The van der Waals surface area contributed by atoms with Crippen LogP contribution in [0.5, 0.6) is 0 Å². The number of amides is 1. The molecule has 2 aromatic carbocycles. The molecule has 0 bridgehead atoms. The van der Waals surface area contributed by atoms with Crippen LogP contribution in [0, 0.1) is 5.82 Å². The molecule has 0 radical (unpaired) electrons. The van der Waals surface area contributed by atoms with Gasteiger partial charge in [-0.3, -0.25) is 4.79 Å². The summed E-state index contributed by atoms with van der Waals surface area (Å²) in [5.41, 5.74) is -0.219. The van der Waals surface area contributed by atoms with Crippen molar-refractivity contribution in [1.82, 2.24) is 0 Å². The summed E-state index contributed by atoms with van der Waals surface area (Å²) in [5, 5.41) is -0.270. The molecule has 11 heteroatoms. The van der Waals surface area contributed by atoms with Crippen LogP contribution in [0.4, 0.5) is 23.2 Å². The van der Waals surface area contributed by atoms with Gasteiger partial charge in [0, 0.05) is 10.9 Å². The maximum absolute atomic E-state index is 13.2. The minimum Gasteiger partial charge on any atom is -0.316 e. The van der Waals surface area contributed by atoms with Gasteiger partial charge >= 0.3 is 6.18 Å². The van der Waals surface area contributed by atoms with Crippen molar-refractivity contribution in [1.29, 1.82) is 0 Å². The van der Waals surface area contributed by atoms with Gasteiger partial charge in [-0.2, -0.15) is 18.2 Å². The van der Waals surface area contributed by atoms with E-state index in [0.717, 1.165) is 23.9 Å². The van der Waals surface area contributed by atoms with Gasteiger partial charge in [-0.05, 0) is 35.9 Å². The van der Waals surface area contributed by atoms with Crippen molar-refractivity contribution in [2.24, 2.45) is 4.99 Å². The second-order valence-corrected chi connectivity index (χ2v) is 10.7. The van der Waals surface area contributed by atoms with E-state index in [-0.39, 0.29) is 28.8 Å². The summed E-state index contributed by atoms with van der Waals surface area (Å²) >= 11 is 1.08. The van der Waals surface area contributed by atoms with E-state index >= 15 is 0 Å². The van der Waals surface area contributed by atoms with E-state index in [1.165, 1.54) is 41.3 Å². The monoisotopic (exact) mass is 472 g/mol. The predicted octanol–water partition coefficient (Wildman–Crippen LogP) is 3.69. The normalized spacial score (nSPS) is 23.9. The molecule has 0 aromatic heterocycles. The Balaban J connectivity index is 1.67. The number of halogens is 4. The number of thioether (sulfide) groups is 1. The minimum atomic E-state index is -4.57. The van der Waals surface area contributed by atoms with E-state index < -0.39 is 44.6 Å². The van der Waals surface area contributed by atoms with Crippen LogP contribution in [0.25, 0.3) is 0 Å². The Morgan fingerprint density at radius 2 is 1.84 bits per heavy atom. The second-order valence-electron chi connectivity index (χ2n) is 7.31. The van der Waals surface area contributed by atoms with Crippen molar-refractivity contribution in [3.63, 3.8) is 0 Å². The van der Waals surface area contributed by atoms with E-state index in [1.54, 1.807) is 0 Å². The molecule has 0 N–H and O–H groups in total. The van der Waals surface area contributed by atoms with Crippen molar-refractivity contribution in [2.75, 3.05) is 16.4 Å². The summed E-state index contributed by atoms with van der Waals surface area (Å²) in [7, 11) is -3.35. The molecule has 0 spiro atoms. The van der Waals surface area contributed by atoms with Crippen LogP contribution >= 0.6 is 11.8 Å². The molecule has 2 aliphatic rings. The summed E-state index contributed by atoms with van der Waals surface area (Å²) < 4.78 is 76.8. The second kappa shape index (κ2) is 7.94. The van der Waals surface area contributed by atoms with Crippen LogP contribution < -0.4 is 4.90 Å². The Labute approximate surface area is 180 Å². The zero-order chi connectivity index (χ0) is 22.4. The maximum atomic E-state index is 13.2. The van der Waals surface area contributed by atoms with E-state index in [2.05, 4.69) is 4.99 Å². The minimum absolute atomic E-state index is 0.117. The van der Waals surface area contributed by atoms with Crippen molar-refractivity contribution in [3.05, 3.63) is 65.5 Å². The van der Waals surface area contributed by atoms with Gasteiger partial charge in [0.2, 0.25) is 0 Å². The molecule has 31 heavy (non-hydrogen) atoms. The third-order valence-electron chi connectivity index (χ3n) is 5.01. The largest absolute Gasteiger partial charge is 0.416 e. The molecule has 4 rings (SSSR count). The number of carbonyl (C=O) groups excluding carboxylic acids is 1. The number of hydrogen-bond acceptors (Lipinski definition) is 4. The first-order valence-electron chi connectivity index (χ1n) is 9.21. The van der Waals surface area contributed by atoms with E-state index in [4.69, 9.17) is 0 Å². The smallest absolute Gasteiger partial charge is 0.316 e. The topological polar surface area (TPSA) is 66.8 Å². The fourth-order valence-corrected chi connectivity index (χ4v) is 7.55. The van der Waals surface area contributed by atoms with Crippen LogP contribution in [0.2, 0.25) is 0 Å². The number of fused-ring (bicyclic) bond motifs is 1. The van der Waals surface area contributed by atoms with Gasteiger partial charge in [-0.25, -0.2) is 12.8 Å². The lowest BCUT2D eigenvalue weighted by Gasteiger charge is -2.25. The highest BCUT2D eigenvalue weighted by Crippen LogP contribution is 2.42. The molecule has 1 amide bonds. The van der Waals surface area contributed by atoms with Crippen molar-refractivity contribution < 1.29 is 30.8 Å². The number of rotatable bonds is 3. The number of nitrogens with zero attached hydrogens (tertiary/aromatic N) is 2. The molecule has 2 atom stereocenters. The fourth-order valence-electron chi connectivity index (χ4n) is 3.62. The molecular formula is C20H16F4N2O3S2. The first-order chi connectivity index (χ1) is 14.5. The Bertz CT molecular complexity index is 1150. The van der Waals surface area contributed by atoms with Gasteiger partial charge in [-0.1, -0.05) is 30.0 Å². The quantitative estimate of drug-likeness (QED) is 0.638. The first-order valence-corrected chi connectivity index (χ1v) is 11.9. The highest BCUT2D eigenvalue weighted by molar-refractivity contribution is 8.16. The number of alkyl halides is 3. The van der Waals surface area contributed by atoms with E-state index in [1.807, 2.05) is 0 Å². The Morgan fingerprint density at radius 1 is 1.13 bits per heavy atom. The van der Waals surface area contributed by atoms with Gasteiger partial charge in [0.15, 0.2) is 15.0 Å². The highest BCUT2D eigenvalue weighted by atomic mass is 32.2. The summed E-state index contributed by atoms with van der Waals surface area (Å²) in [5.74, 6) is -1.37. The molecule has 5 nitrogen and oxygen atoms in total. The summed E-state index contributed by atoms with van der Waals surface area (Å²) in [6, 6.07) is 9.22. The van der Waals surface area contributed by atoms with Gasteiger partial charge in [0.1, 0.15) is 5.82 Å². The number of amidine groups is 1. The third-order valence-corrected chi connectivity index (χ3v) is 8.22. The first kappa shape index (κ1) is 21.8. The van der Waals surface area contributed by atoms with Gasteiger partial charge in [0.05, 0.1) is 29.5 Å². The number of anilines is 1. The molecule has 2 fully saturated rings. The predicted molar refractivity (Wildman–Crippen MR) is 110 cm³/mol. The Kier molecular flexibility index (Phi) is 5.59. The van der Waals surface area contributed by atoms with Crippen LogP contribution in [0.3, 0.4) is 0 Å². The van der Waals surface area contributed by atoms with Crippen LogP contribution in [0.1, 0.15) is 11.1 Å². The average molecular weight is 472 g/mol. The number of aliphatic imine (C=N–C) groups is 1. The SMILES string of the molecule is O=C(Cc1ccc(F)cc1)N=C1S[C@H]2CS(=O)(=O)C[C@H]2N1c1cccc(C(F)(F)F)c1. The highest BCUT2D eigenvalue weighted by Gasteiger charge is 2.49. The molecule has 2 saturated heterocycles. The summed E-state index contributed by atoms with van der Waals surface area (Å²) in [6.45, 7) is 0. The zero-order valence-corrected chi connectivity index (χ0v) is 17.5. The molecule has 2 aliphatic heterocycles. The summed E-state index contributed by atoms with van der Waals surface area (Å²) in [4.78, 5) is 18.0. The molecule has 0 unspecified atom stereocenters. The fraction of sp³-hybridized carbons (Fsp3) is 0.300. The summed E-state index contributed by atoms with van der Waals surface area (Å²) in [6.07, 6.45) is -4.69. The lowest BCUT2D eigenvalue weighted by atomic mass is 10.1. The Hall–Kier alpha value is -2.40. The number of hydrogen-bond donors (Lipinski definition) is 0. The van der Waals surface area contributed by atoms with Crippen LogP contribution in [0.15, 0.2) is 53.5 Å². The standard InChI is InChI=1S/C20H16F4N2O3S2/c21-14-6-4-12(5-7-14)8-18(27)25-19-26(16-10-31(28,29)11-17(16)30-19)15-3-1-2-13(9-15)20(22,23)24/h1-7,9,16-17H,8,10-11H2/t16-,17+/m1/s1. The van der Waals surface area contributed by atoms with Gasteiger partial charge in [0.25, 0.3) is 5.91 Å². The molecule has 2 heterocycles. The molecule has 0 aliphatic carbocycles. The van der Waals surface area contributed by atoms with Crippen molar-refractivity contribution in [3.8, 4) is 0 Å². The van der Waals surface area contributed by atoms with E-state index in [9.17, 15) is 30.8 Å². The maximum Gasteiger partial charge on any atom is 0.416 e. The van der Waals surface area contributed by atoms with Gasteiger partial charge < -0.3 is 4.90 Å². The average Bonchev–Trinajstić information content (AvgIpc) is 3.13. The lowest BCUT2D eigenvalue weighted by Crippen LogP contribution is -2.38. The molecule has 164 valence electrons. The molecule has 2 aromatic rings. The van der Waals surface area contributed by atoms with Crippen LogP contribution in [-0.4, -0.2) is 42.3 Å². The Morgan fingerprint density at radius 3 is 2.52 bits per heavy atom. The van der Waals surface area contributed by atoms with Crippen molar-refractivity contribution in [2.45, 2.75) is 23.9 Å². The molecular weight excluding hydrogens is 456 g/mol. The number of carbonyl (C=O) groups is 1. The lowest BCUT2D eigenvalue weighted by molar-refractivity contribution is -0.137. The van der Waals surface area contributed by atoms with Crippen molar-refractivity contribution >= 4 is 38.4 Å². The third kappa shape index (κ3) is 4.77. The van der Waals surface area contributed by atoms with Gasteiger partial charge in [-0.15, -0.1) is 0 Å².